The molecule has 2 rings (SSSR count). The molecule has 2 atom stereocenters. The van der Waals surface area contributed by atoms with Crippen molar-refractivity contribution < 1.29 is 4.74 Å². The van der Waals surface area contributed by atoms with Gasteiger partial charge in [0.2, 0.25) is 0 Å². The van der Waals surface area contributed by atoms with Gasteiger partial charge < -0.3 is 10.1 Å². The highest BCUT2D eigenvalue weighted by Gasteiger charge is 2.21. The average molecular weight is 290 g/mol. The quantitative estimate of drug-likeness (QED) is 0.872. The molecule has 0 bridgehead atoms. The van der Waals surface area contributed by atoms with Gasteiger partial charge in [0, 0.05) is 25.7 Å². The molecule has 2 unspecified atom stereocenters. The molecule has 0 saturated carbocycles. The Kier molecular flexibility index (Phi) is 6.22. The summed E-state index contributed by atoms with van der Waals surface area (Å²) in [5, 5.41) is 3.46. The van der Waals surface area contributed by atoms with Crippen molar-refractivity contribution in [3.8, 4) is 0 Å². The van der Waals surface area contributed by atoms with Crippen molar-refractivity contribution >= 4 is 0 Å². The molecule has 0 spiro atoms. The van der Waals surface area contributed by atoms with Crippen LogP contribution >= 0.6 is 0 Å². The summed E-state index contributed by atoms with van der Waals surface area (Å²) in [6, 6.07) is 9.65. The number of rotatable bonds is 6. The van der Waals surface area contributed by atoms with Gasteiger partial charge in [-0.1, -0.05) is 38.1 Å². The molecule has 0 aliphatic carbocycles. The van der Waals surface area contributed by atoms with E-state index >= 15 is 0 Å². The van der Waals surface area contributed by atoms with Gasteiger partial charge in [-0.3, -0.25) is 4.90 Å². The van der Waals surface area contributed by atoms with Crippen LogP contribution in [0.25, 0.3) is 0 Å². The van der Waals surface area contributed by atoms with Crippen molar-refractivity contribution in [3.63, 3.8) is 0 Å². The fraction of sp³-hybridized carbons (Fsp3) is 0.667. The molecule has 3 nitrogen and oxygen atoms in total. The molecular weight excluding hydrogens is 260 g/mol. The molecular formula is C18H30N2O. The summed E-state index contributed by atoms with van der Waals surface area (Å²) in [6.45, 7) is 12.8. The summed E-state index contributed by atoms with van der Waals surface area (Å²) in [5.41, 5.74) is 2.81. The highest BCUT2D eigenvalue weighted by Crippen LogP contribution is 2.14. The maximum absolute atomic E-state index is 5.79. The van der Waals surface area contributed by atoms with Crippen molar-refractivity contribution in [2.45, 2.75) is 58.9 Å². The van der Waals surface area contributed by atoms with Crippen LogP contribution in [0.2, 0.25) is 0 Å². The van der Waals surface area contributed by atoms with Crippen LogP contribution in [0.1, 0.15) is 38.8 Å². The van der Waals surface area contributed by atoms with Gasteiger partial charge in [0.05, 0.1) is 12.2 Å². The summed E-state index contributed by atoms with van der Waals surface area (Å²) >= 11 is 0. The Bertz CT molecular complexity index is 406. The average Bonchev–Trinajstić information content (AvgIpc) is 2.39. The van der Waals surface area contributed by atoms with E-state index in [4.69, 9.17) is 4.74 Å². The highest BCUT2D eigenvalue weighted by atomic mass is 16.5. The summed E-state index contributed by atoms with van der Waals surface area (Å²) in [4.78, 5) is 2.49. The fourth-order valence-electron chi connectivity index (χ4n) is 2.99. The highest BCUT2D eigenvalue weighted by molar-refractivity contribution is 5.22. The van der Waals surface area contributed by atoms with Crippen LogP contribution in [0.3, 0.4) is 0 Å². The first-order valence-electron chi connectivity index (χ1n) is 8.22. The van der Waals surface area contributed by atoms with E-state index in [1.165, 1.54) is 11.1 Å². The van der Waals surface area contributed by atoms with E-state index in [1.54, 1.807) is 0 Å². The number of nitrogens with zero attached hydrogens (tertiary/aromatic N) is 1. The topological polar surface area (TPSA) is 24.5 Å². The second-order valence-electron chi connectivity index (χ2n) is 6.63. The molecule has 21 heavy (non-hydrogen) atoms. The fourth-order valence-corrected chi connectivity index (χ4v) is 2.99. The molecule has 1 N–H and O–H groups in total. The lowest BCUT2D eigenvalue weighted by Crippen LogP contribution is -2.44. The first-order chi connectivity index (χ1) is 10.0. The number of hydrogen-bond acceptors (Lipinski definition) is 3. The van der Waals surface area contributed by atoms with E-state index in [9.17, 15) is 0 Å². The van der Waals surface area contributed by atoms with Crippen molar-refractivity contribution in [1.29, 1.82) is 0 Å². The maximum Gasteiger partial charge on any atom is 0.0678 e. The van der Waals surface area contributed by atoms with E-state index in [1.807, 2.05) is 0 Å². The van der Waals surface area contributed by atoms with Crippen LogP contribution < -0.4 is 5.32 Å². The Labute approximate surface area is 129 Å². The van der Waals surface area contributed by atoms with E-state index in [0.717, 1.165) is 32.6 Å². The molecule has 0 aromatic heterocycles. The van der Waals surface area contributed by atoms with Gasteiger partial charge in [-0.2, -0.15) is 0 Å². The number of benzene rings is 1. The lowest BCUT2D eigenvalue weighted by molar-refractivity contribution is -0.0704. The minimum atomic E-state index is 0.343. The van der Waals surface area contributed by atoms with E-state index in [-0.39, 0.29) is 0 Å². The molecule has 3 heteroatoms. The third-order valence-corrected chi connectivity index (χ3v) is 3.89. The molecule has 1 aliphatic rings. The molecule has 1 aliphatic heterocycles. The van der Waals surface area contributed by atoms with Crippen molar-refractivity contribution in [2.24, 2.45) is 0 Å². The number of ether oxygens (including phenoxy) is 1. The van der Waals surface area contributed by atoms with E-state index < -0.39 is 0 Å². The zero-order valence-electron chi connectivity index (χ0n) is 13.9. The van der Waals surface area contributed by atoms with Crippen molar-refractivity contribution in [2.75, 3.05) is 19.6 Å². The third-order valence-electron chi connectivity index (χ3n) is 3.89. The van der Waals surface area contributed by atoms with Crippen LogP contribution in [0.15, 0.2) is 24.3 Å². The Balaban J connectivity index is 1.81. The Hall–Kier alpha value is -0.900. The Morgan fingerprint density at radius 2 is 1.67 bits per heavy atom. The summed E-state index contributed by atoms with van der Waals surface area (Å²) < 4.78 is 5.79. The lowest BCUT2D eigenvalue weighted by Gasteiger charge is -2.35. The number of hydrogen-bond donors (Lipinski definition) is 1. The van der Waals surface area contributed by atoms with Gasteiger partial charge >= 0.3 is 0 Å². The van der Waals surface area contributed by atoms with Gasteiger partial charge in [-0.25, -0.2) is 0 Å². The second-order valence-corrected chi connectivity index (χ2v) is 6.63. The van der Waals surface area contributed by atoms with Gasteiger partial charge in [-0.05, 0) is 37.9 Å². The third kappa shape index (κ3) is 5.77. The second kappa shape index (κ2) is 7.92. The molecule has 118 valence electrons. The van der Waals surface area contributed by atoms with E-state index in [2.05, 4.69) is 62.2 Å². The Morgan fingerprint density at radius 1 is 1.10 bits per heavy atom. The molecule has 1 fully saturated rings. The summed E-state index contributed by atoms with van der Waals surface area (Å²) in [7, 11) is 0. The normalized spacial score (nSPS) is 23.7. The molecule has 1 aromatic carbocycles. The predicted octanol–water partition coefficient (Wildman–Crippen LogP) is 2.84. The van der Waals surface area contributed by atoms with Gasteiger partial charge in [0.15, 0.2) is 0 Å². The zero-order chi connectivity index (χ0) is 15.2. The number of morpholine rings is 1. The lowest BCUT2D eigenvalue weighted by atomic mass is 10.1. The minimum Gasteiger partial charge on any atom is -0.373 e. The first-order valence-corrected chi connectivity index (χ1v) is 8.22. The van der Waals surface area contributed by atoms with Crippen molar-refractivity contribution in [1.82, 2.24) is 10.2 Å². The molecule has 0 radical (unpaired) electrons. The number of nitrogens with one attached hydrogen (secondary N) is 1. The van der Waals surface area contributed by atoms with Crippen LogP contribution in [0.5, 0.6) is 0 Å². The predicted molar refractivity (Wildman–Crippen MR) is 88.6 cm³/mol. The first kappa shape index (κ1) is 16.5. The molecule has 1 saturated heterocycles. The largest absolute Gasteiger partial charge is 0.373 e. The van der Waals surface area contributed by atoms with Crippen LogP contribution in [0.4, 0.5) is 0 Å². The SMILES string of the molecule is CC(C)NCCc1ccc(CN2CC(C)OC(C)C2)cc1. The van der Waals surface area contributed by atoms with Gasteiger partial charge in [-0.15, -0.1) is 0 Å². The van der Waals surface area contributed by atoms with Crippen LogP contribution in [0, 0.1) is 0 Å². The minimum absolute atomic E-state index is 0.343. The zero-order valence-corrected chi connectivity index (χ0v) is 13.9. The van der Waals surface area contributed by atoms with Gasteiger partial charge in [0.1, 0.15) is 0 Å². The van der Waals surface area contributed by atoms with Gasteiger partial charge in [0.25, 0.3) is 0 Å². The Morgan fingerprint density at radius 3 is 2.24 bits per heavy atom. The summed E-state index contributed by atoms with van der Waals surface area (Å²) in [5.74, 6) is 0. The van der Waals surface area contributed by atoms with Crippen LogP contribution in [-0.4, -0.2) is 42.8 Å². The van der Waals surface area contributed by atoms with Crippen molar-refractivity contribution in [3.05, 3.63) is 35.4 Å². The molecule has 0 amide bonds. The standard InChI is InChI=1S/C18H30N2O/c1-14(2)19-10-9-17-5-7-18(8-6-17)13-20-11-15(3)21-16(4)12-20/h5-8,14-16,19H,9-13H2,1-4H3. The van der Waals surface area contributed by atoms with E-state index in [0.29, 0.717) is 18.2 Å². The van der Waals surface area contributed by atoms with Crippen LogP contribution in [-0.2, 0) is 17.7 Å². The smallest absolute Gasteiger partial charge is 0.0678 e. The molecule has 1 aromatic rings. The maximum atomic E-state index is 5.79. The molecule has 1 heterocycles. The summed E-state index contributed by atoms with van der Waals surface area (Å²) in [6.07, 6.45) is 1.79. The monoisotopic (exact) mass is 290 g/mol.